The summed E-state index contributed by atoms with van der Waals surface area (Å²) in [6.07, 6.45) is 6.52. The Balaban J connectivity index is 2.84. The Hall–Kier alpha value is -1.42. The summed E-state index contributed by atoms with van der Waals surface area (Å²) in [6.45, 7) is 10.1. The van der Waals surface area contributed by atoms with E-state index >= 15 is 0 Å². The topological polar surface area (TPSA) is 68.0 Å². The zero-order chi connectivity index (χ0) is 16.1. The maximum atomic E-state index is 11.8. The van der Waals surface area contributed by atoms with Gasteiger partial charge in [0.15, 0.2) is 0 Å². The molecule has 0 aromatic carbocycles. The first-order valence-electron chi connectivity index (χ1n) is 7.80. The van der Waals surface area contributed by atoms with E-state index in [1.54, 1.807) is 13.8 Å². The normalized spacial score (nSPS) is 14.6. The van der Waals surface area contributed by atoms with E-state index in [2.05, 4.69) is 37.1 Å². The number of amides is 1. The Bertz CT molecular complexity index is 462. The van der Waals surface area contributed by atoms with Gasteiger partial charge >= 0.3 is 0 Å². The van der Waals surface area contributed by atoms with E-state index in [1.165, 1.54) is 18.4 Å². The monoisotopic (exact) mass is 291 g/mol. The van der Waals surface area contributed by atoms with Gasteiger partial charge in [0.1, 0.15) is 5.82 Å². The molecule has 21 heavy (non-hydrogen) atoms. The van der Waals surface area contributed by atoms with Crippen LogP contribution in [-0.2, 0) is 10.2 Å². The van der Waals surface area contributed by atoms with Crippen molar-refractivity contribution in [2.45, 2.75) is 71.3 Å². The van der Waals surface area contributed by atoms with E-state index in [4.69, 9.17) is 5.73 Å². The van der Waals surface area contributed by atoms with Crippen LogP contribution in [0.15, 0.2) is 18.3 Å². The molecule has 1 heterocycles. The molecule has 0 aliphatic rings. The van der Waals surface area contributed by atoms with Crippen molar-refractivity contribution in [3.05, 3.63) is 23.9 Å². The van der Waals surface area contributed by atoms with E-state index in [9.17, 15) is 4.79 Å². The fraction of sp³-hybridized carbons (Fsp3) is 0.647. The Morgan fingerprint density at radius 1 is 1.29 bits per heavy atom. The number of hydrogen-bond acceptors (Lipinski definition) is 3. The lowest BCUT2D eigenvalue weighted by molar-refractivity contribution is -0.120. The summed E-state index contributed by atoms with van der Waals surface area (Å²) in [5, 5.41) is 2.75. The molecule has 0 bridgehead atoms. The molecule has 4 nitrogen and oxygen atoms in total. The van der Waals surface area contributed by atoms with Crippen molar-refractivity contribution in [3.8, 4) is 0 Å². The SMILES string of the molecule is CCCCC(C)(CC)c1ccc(NC(=O)C(C)(C)N)nc1. The van der Waals surface area contributed by atoms with Gasteiger partial charge < -0.3 is 11.1 Å². The summed E-state index contributed by atoms with van der Waals surface area (Å²) in [6, 6.07) is 3.92. The molecule has 0 spiro atoms. The molecule has 0 fully saturated rings. The summed E-state index contributed by atoms with van der Waals surface area (Å²) in [5.41, 5.74) is 6.24. The van der Waals surface area contributed by atoms with Crippen LogP contribution in [0.4, 0.5) is 5.82 Å². The van der Waals surface area contributed by atoms with Gasteiger partial charge in [0.25, 0.3) is 0 Å². The van der Waals surface area contributed by atoms with Crippen molar-refractivity contribution >= 4 is 11.7 Å². The van der Waals surface area contributed by atoms with Crippen LogP contribution in [0.5, 0.6) is 0 Å². The van der Waals surface area contributed by atoms with Gasteiger partial charge in [0.2, 0.25) is 5.91 Å². The minimum atomic E-state index is -0.903. The van der Waals surface area contributed by atoms with Crippen LogP contribution in [-0.4, -0.2) is 16.4 Å². The van der Waals surface area contributed by atoms with Crippen LogP contribution in [0.1, 0.15) is 65.9 Å². The van der Waals surface area contributed by atoms with Crippen LogP contribution < -0.4 is 11.1 Å². The lowest BCUT2D eigenvalue weighted by atomic mass is 9.77. The minimum absolute atomic E-state index is 0.151. The first-order valence-corrected chi connectivity index (χ1v) is 7.80. The number of unbranched alkanes of at least 4 members (excludes halogenated alkanes) is 1. The molecule has 1 amide bonds. The van der Waals surface area contributed by atoms with Gasteiger partial charge in [0, 0.05) is 6.20 Å². The predicted molar refractivity (Wildman–Crippen MR) is 88.3 cm³/mol. The second kappa shape index (κ2) is 7.03. The molecule has 0 aliphatic heterocycles. The molecule has 3 N–H and O–H groups in total. The van der Waals surface area contributed by atoms with E-state index in [0.29, 0.717) is 5.82 Å². The van der Waals surface area contributed by atoms with Crippen LogP contribution in [0.3, 0.4) is 0 Å². The van der Waals surface area contributed by atoms with Crippen molar-refractivity contribution in [2.75, 3.05) is 5.32 Å². The van der Waals surface area contributed by atoms with E-state index in [1.807, 2.05) is 12.3 Å². The maximum Gasteiger partial charge on any atom is 0.245 e. The number of aromatic nitrogens is 1. The molecular formula is C17H29N3O. The lowest BCUT2D eigenvalue weighted by Crippen LogP contribution is -2.45. The zero-order valence-corrected chi connectivity index (χ0v) is 14.0. The number of nitrogens with one attached hydrogen (secondary N) is 1. The average Bonchev–Trinajstić information content (AvgIpc) is 2.44. The van der Waals surface area contributed by atoms with Gasteiger partial charge in [-0.1, -0.05) is 39.7 Å². The molecule has 1 unspecified atom stereocenters. The molecule has 1 aromatic heterocycles. The van der Waals surface area contributed by atoms with Crippen LogP contribution in [0.25, 0.3) is 0 Å². The molecule has 0 aliphatic carbocycles. The maximum absolute atomic E-state index is 11.8. The number of rotatable bonds is 7. The third-order valence-corrected chi connectivity index (χ3v) is 4.15. The summed E-state index contributed by atoms with van der Waals surface area (Å²) >= 11 is 0. The van der Waals surface area contributed by atoms with Crippen molar-refractivity contribution < 1.29 is 4.79 Å². The number of nitrogens with two attached hydrogens (primary N) is 1. The third-order valence-electron chi connectivity index (χ3n) is 4.15. The highest BCUT2D eigenvalue weighted by atomic mass is 16.2. The van der Waals surface area contributed by atoms with Gasteiger partial charge in [-0.15, -0.1) is 0 Å². The second-order valence-corrected chi connectivity index (χ2v) is 6.63. The van der Waals surface area contributed by atoms with Gasteiger partial charge in [0.05, 0.1) is 5.54 Å². The Labute approximate surface area is 128 Å². The molecule has 0 saturated carbocycles. The van der Waals surface area contributed by atoms with Crippen molar-refractivity contribution in [2.24, 2.45) is 5.73 Å². The molecule has 4 heteroatoms. The number of hydrogen-bond donors (Lipinski definition) is 2. The van der Waals surface area contributed by atoms with Crippen molar-refractivity contribution in [1.29, 1.82) is 0 Å². The fourth-order valence-corrected chi connectivity index (χ4v) is 2.19. The molecule has 1 rings (SSSR count). The van der Waals surface area contributed by atoms with Gasteiger partial charge in [-0.2, -0.15) is 0 Å². The van der Waals surface area contributed by atoms with Crippen LogP contribution in [0.2, 0.25) is 0 Å². The highest BCUT2D eigenvalue weighted by molar-refractivity contribution is 5.96. The lowest BCUT2D eigenvalue weighted by Gasteiger charge is -2.28. The first kappa shape index (κ1) is 17.6. The number of nitrogens with zero attached hydrogens (tertiary/aromatic N) is 1. The zero-order valence-electron chi connectivity index (χ0n) is 14.0. The molecule has 1 aromatic rings. The predicted octanol–water partition coefficient (Wildman–Crippen LogP) is 3.62. The van der Waals surface area contributed by atoms with Gasteiger partial charge in [-0.05, 0) is 43.7 Å². The van der Waals surface area contributed by atoms with Crippen LogP contribution >= 0.6 is 0 Å². The Morgan fingerprint density at radius 2 is 1.95 bits per heavy atom. The fourth-order valence-electron chi connectivity index (χ4n) is 2.19. The van der Waals surface area contributed by atoms with Crippen molar-refractivity contribution in [3.63, 3.8) is 0 Å². The summed E-state index contributed by atoms with van der Waals surface area (Å²) in [7, 11) is 0. The molecular weight excluding hydrogens is 262 g/mol. The number of carbonyl (C=O) groups is 1. The highest BCUT2D eigenvalue weighted by Gasteiger charge is 2.25. The Kier molecular flexibility index (Phi) is 5.90. The molecule has 0 radical (unpaired) electrons. The van der Waals surface area contributed by atoms with Crippen LogP contribution in [0, 0.1) is 0 Å². The molecule has 118 valence electrons. The Morgan fingerprint density at radius 3 is 2.38 bits per heavy atom. The largest absolute Gasteiger partial charge is 0.318 e. The summed E-state index contributed by atoms with van der Waals surface area (Å²) < 4.78 is 0. The minimum Gasteiger partial charge on any atom is -0.318 e. The van der Waals surface area contributed by atoms with E-state index in [0.717, 1.165) is 12.8 Å². The van der Waals surface area contributed by atoms with Gasteiger partial charge in [-0.3, -0.25) is 4.79 Å². The van der Waals surface area contributed by atoms with Gasteiger partial charge in [-0.25, -0.2) is 4.98 Å². The quantitative estimate of drug-likeness (QED) is 0.806. The smallest absolute Gasteiger partial charge is 0.245 e. The number of anilines is 1. The average molecular weight is 291 g/mol. The van der Waals surface area contributed by atoms with E-state index in [-0.39, 0.29) is 11.3 Å². The summed E-state index contributed by atoms with van der Waals surface area (Å²) in [4.78, 5) is 16.2. The number of pyridine rings is 1. The van der Waals surface area contributed by atoms with E-state index < -0.39 is 5.54 Å². The number of carbonyl (C=O) groups excluding carboxylic acids is 1. The third kappa shape index (κ3) is 4.81. The second-order valence-electron chi connectivity index (χ2n) is 6.63. The summed E-state index contributed by atoms with van der Waals surface area (Å²) in [5.74, 6) is 0.322. The highest BCUT2D eigenvalue weighted by Crippen LogP contribution is 2.32. The molecule has 0 saturated heterocycles. The van der Waals surface area contributed by atoms with Crippen molar-refractivity contribution in [1.82, 2.24) is 4.98 Å². The first-order chi connectivity index (χ1) is 9.73. The standard InChI is InChI=1S/C17H29N3O/c1-6-8-11-17(5,7-2)13-9-10-14(19-12-13)20-15(21)16(3,4)18/h9-10,12H,6-8,11,18H2,1-5H3,(H,19,20,21). The molecule has 1 atom stereocenters.